The van der Waals surface area contributed by atoms with Gasteiger partial charge in [-0.05, 0) is 21.8 Å². The number of hydrogen-bond donors (Lipinski definition) is 0. The standard InChI is InChI=1S/C10H13BrN2O/c1-6(2)9-10(11)13-4-3-7(14)5-8(13)12-9/h6H,3-5H2,1-2H3. The van der Waals surface area contributed by atoms with Gasteiger partial charge in [-0.3, -0.25) is 4.79 Å². The van der Waals surface area contributed by atoms with Crippen LogP contribution in [0.2, 0.25) is 0 Å². The van der Waals surface area contributed by atoms with E-state index in [4.69, 9.17) is 0 Å². The molecular formula is C10H13BrN2O. The van der Waals surface area contributed by atoms with Crippen molar-refractivity contribution in [1.29, 1.82) is 0 Å². The van der Waals surface area contributed by atoms with Gasteiger partial charge in [0.1, 0.15) is 16.2 Å². The number of carbonyl (C=O) groups excluding carboxylic acids is 1. The van der Waals surface area contributed by atoms with Crippen LogP contribution in [-0.2, 0) is 17.8 Å². The molecule has 3 nitrogen and oxygen atoms in total. The zero-order chi connectivity index (χ0) is 10.3. The summed E-state index contributed by atoms with van der Waals surface area (Å²) in [6, 6.07) is 0. The molecule has 0 atom stereocenters. The number of hydrogen-bond acceptors (Lipinski definition) is 2. The number of Topliss-reactive ketones (excluding diaryl/α,β-unsaturated/α-hetero) is 1. The molecule has 0 aliphatic carbocycles. The molecular weight excluding hydrogens is 244 g/mol. The van der Waals surface area contributed by atoms with E-state index in [0.717, 1.165) is 22.7 Å². The van der Waals surface area contributed by atoms with E-state index in [-0.39, 0.29) is 0 Å². The molecule has 0 unspecified atom stereocenters. The van der Waals surface area contributed by atoms with Crippen molar-refractivity contribution in [2.75, 3.05) is 0 Å². The monoisotopic (exact) mass is 256 g/mol. The summed E-state index contributed by atoms with van der Waals surface area (Å²) in [6.07, 6.45) is 1.13. The maximum Gasteiger partial charge on any atom is 0.142 e. The molecule has 0 aromatic carbocycles. The fourth-order valence-corrected chi connectivity index (χ4v) is 2.66. The number of fused-ring (bicyclic) bond motifs is 1. The normalized spacial score (nSPS) is 16.1. The number of carbonyl (C=O) groups is 1. The van der Waals surface area contributed by atoms with Gasteiger partial charge in [0, 0.05) is 13.0 Å². The SMILES string of the molecule is CC(C)c1nc2n(c1Br)CCC(=O)C2. The Morgan fingerprint density at radius 3 is 2.86 bits per heavy atom. The minimum absolute atomic E-state index is 0.297. The van der Waals surface area contributed by atoms with Gasteiger partial charge in [0.15, 0.2) is 0 Å². The number of rotatable bonds is 1. The summed E-state index contributed by atoms with van der Waals surface area (Å²) in [5.41, 5.74) is 1.06. The lowest BCUT2D eigenvalue weighted by Gasteiger charge is -2.13. The lowest BCUT2D eigenvalue weighted by molar-refractivity contribution is -0.119. The molecule has 1 aliphatic rings. The first-order valence-corrected chi connectivity index (χ1v) is 5.65. The van der Waals surface area contributed by atoms with Crippen molar-refractivity contribution in [3.8, 4) is 0 Å². The average Bonchev–Trinajstić information content (AvgIpc) is 2.43. The fourth-order valence-electron chi connectivity index (χ4n) is 1.73. The Morgan fingerprint density at radius 2 is 2.21 bits per heavy atom. The Labute approximate surface area is 91.6 Å². The second-order valence-corrected chi connectivity index (χ2v) is 4.73. The van der Waals surface area contributed by atoms with Crippen molar-refractivity contribution in [2.24, 2.45) is 0 Å². The smallest absolute Gasteiger partial charge is 0.142 e. The van der Waals surface area contributed by atoms with E-state index in [0.29, 0.717) is 24.5 Å². The Kier molecular flexibility index (Phi) is 2.47. The zero-order valence-corrected chi connectivity index (χ0v) is 9.97. The molecule has 0 spiro atoms. The fraction of sp³-hybridized carbons (Fsp3) is 0.600. The van der Waals surface area contributed by atoms with E-state index in [1.54, 1.807) is 0 Å². The second kappa shape index (κ2) is 3.50. The number of halogens is 1. The average molecular weight is 257 g/mol. The summed E-state index contributed by atoms with van der Waals surface area (Å²) < 4.78 is 3.16. The summed E-state index contributed by atoms with van der Waals surface area (Å²) in [7, 11) is 0. The summed E-state index contributed by atoms with van der Waals surface area (Å²) in [5, 5.41) is 0. The van der Waals surface area contributed by atoms with Crippen LogP contribution in [-0.4, -0.2) is 15.3 Å². The van der Waals surface area contributed by atoms with Crippen LogP contribution < -0.4 is 0 Å². The Hall–Kier alpha value is -0.640. The topological polar surface area (TPSA) is 34.9 Å². The van der Waals surface area contributed by atoms with Crippen LogP contribution in [0, 0.1) is 0 Å². The molecule has 0 bridgehead atoms. The van der Waals surface area contributed by atoms with Crippen molar-refractivity contribution in [3.63, 3.8) is 0 Å². The van der Waals surface area contributed by atoms with Crippen molar-refractivity contribution >= 4 is 21.7 Å². The summed E-state index contributed by atoms with van der Waals surface area (Å²) >= 11 is 3.55. The lowest BCUT2D eigenvalue weighted by atomic mass is 10.1. The minimum Gasteiger partial charge on any atom is -0.322 e. The van der Waals surface area contributed by atoms with Gasteiger partial charge in [0.25, 0.3) is 0 Å². The van der Waals surface area contributed by atoms with Gasteiger partial charge in [-0.1, -0.05) is 13.8 Å². The van der Waals surface area contributed by atoms with E-state index in [1.165, 1.54) is 0 Å². The highest BCUT2D eigenvalue weighted by Crippen LogP contribution is 2.27. The number of ketones is 1. The van der Waals surface area contributed by atoms with Crippen molar-refractivity contribution < 1.29 is 4.79 Å². The molecule has 4 heteroatoms. The molecule has 0 fully saturated rings. The third-order valence-electron chi connectivity index (χ3n) is 2.53. The van der Waals surface area contributed by atoms with Gasteiger partial charge in [-0.25, -0.2) is 4.98 Å². The van der Waals surface area contributed by atoms with Gasteiger partial charge < -0.3 is 4.57 Å². The van der Waals surface area contributed by atoms with Crippen LogP contribution in [0.25, 0.3) is 0 Å². The second-order valence-electron chi connectivity index (χ2n) is 3.98. The van der Waals surface area contributed by atoms with Crippen molar-refractivity contribution in [1.82, 2.24) is 9.55 Å². The number of imidazole rings is 1. The first kappa shape index (κ1) is 9.90. The van der Waals surface area contributed by atoms with E-state index in [2.05, 4.69) is 39.3 Å². The molecule has 1 aliphatic heterocycles. The summed E-state index contributed by atoms with van der Waals surface area (Å²) in [6.45, 7) is 5.00. The molecule has 0 radical (unpaired) electrons. The number of nitrogens with zero attached hydrogens (tertiary/aromatic N) is 2. The molecule has 2 heterocycles. The van der Waals surface area contributed by atoms with Crippen LogP contribution in [0.5, 0.6) is 0 Å². The van der Waals surface area contributed by atoms with E-state index in [9.17, 15) is 4.79 Å². The maximum atomic E-state index is 11.2. The highest BCUT2D eigenvalue weighted by Gasteiger charge is 2.22. The molecule has 0 saturated carbocycles. The number of aromatic nitrogens is 2. The quantitative estimate of drug-likeness (QED) is 0.773. The Morgan fingerprint density at radius 1 is 1.50 bits per heavy atom. The highest BCUT2D eigenvalue weighted by atomic mass is 79.9. The first-order chi connectivity index (χ1) is 6.59. The predicted octanol–water partition coefficient (Wildman–Crippen LogP) is 2.28. The molecule has 0 amide bonds. The van der Waals surface area contributed by atoms with Crippen molar-refractivity contribution in [3.05, 3.63) is 16.1 Å². The summed E-state index contributed by atoms with van der Waals surface area (Å²) in [5.74, 6) is 1.61. The van der Waals surface area contributed by atoms with Gasteiger partial charge in [-0.15, -0.1) is 0 Å². The molecule has 0 N–H and O–H groups in total. The largest absolute Gasteiger partial charge is 0.322 e. The van der Waals surface area contributed by atoms with E-state index in [1.807, 2.05) is 0 Å². The predicted molar refractivity (Wildman–Crippen MR) is 57.3 cm³/mol. The van der Waals surface area contributed by atoms with Crippen LogP contribution in [0.15, 0.2) is 4.60 Å². The minimum atomic E-state index is 0.297. The molecule has 14 heavy (non-hydrogen) atoms. The van der Waals surface area contributed by atoms with Crippen LogP contribution in [0.3, 0.4) is 0 Å². The van der Waals surface area contributed by atoms with Gasteiger partial charge in [0.2, 0.25) is 0 Å². The highest BCUT2D eigenvalue weighted by molar-refractivity contribution is 9.10. The molecule has 2 rings (SSSR count). The van der Waals surface area contributed by atoms with Gasteiger partial charge >= 0.3 is 0 Å². The first-order valence-electron chi connectivity index (χ1n) is 4.86. The third-order valence-corrected chi connectivity index (χ3v) is 3.36. The van der Waals surface area contributed by atoms with Crippen LogP contribution >= 0.6 is 15.9 Å². The molecule has 1 aromatic rings. The molecule has 0 saturated heterocycles. The van der Waals surface area contributed by atoms with E-state index < -0.39 is 0 Å². The van der Waals surface area contributed by atoms with E-state index >= 15 is 0 Å². The van der Waals surface area contributed by atoms with Gasteiger partial charge in [-0.2, -0.15) is 0 Å². The summed E-state index contributed by atoms with van der Waals surface area (Å²) in [4.78, 5) is 15.7. The zero-order valence-electron chi connectivity index (χ0n) is 8.38. The van der Waals surface area contributed by atoms with Gasteiger partial charge in [0.05, 0.1) is 12.1 Å². The van der Waals surface area contributed by atoms with Crippen LogP contribution in [0.1, 0.15) is 37.7 Å². The molecule has 1 aromatic heterocycles. The van der Waals surface area contributed by atoms with Crippen molar-refractivity contribution in [2.45, 2.75) is 39.2 Å². The lowest BCUT2D eigenvalue weighted by Crippen LogP contribution is -2.18. The third kappa shape index (κ3) is 1.52. The maximum absolute atomic E-state index is 11.2. The Bertz CT molecular complexity index is 382. The molecule has 76 valence electrons. The van der Waals surface area contributed by atoms with Crippen LogP contribution in [0.4, 0.5) is 0 Å². The Balaban J connectivity index is 2.45.